The second kappa shape index (κ2) is 29.6. The minimum atomic E-state index is 0.220. The van der Waals surface area contributed by atoms with Crippen LogP contribution in [0.25, 0.3) is 44.5 Å². The molecule has 0 N–H and O–H groups in total. The van der Waals surface area contributed by atoms with E-state index in [1.807, 2.05) is 24.3 Å². The van der Waals surface area contributed by atoms with Crippen LogP contribution in [-0.2, 0) is 77.2 Å². The molecule has 82 heavy (non-hydrogen) atoms. The molecule has 0 atom stereocenters. The highest BCUT2D eigenvalue weighted by Crippen LogP contribution is 2.42. The van der Waals surface area contributed by atoms with Gasteiger partial charge in [0.25, 0.3) is 0 Å². The van der Waals surface area contributed by atoms with Crippen molar-refractivity contribution in [3.8, 4) is 67.5 Å². The molecule has 0 fully saturated rings. The third-order valence-corrected chi connectivity index (χ3v) is 14.6. The van der Waals surface area contributed by atoms with Crippen molar-refractivity contribution in [2.75, 3.05) is 106 Å². The molecule has 3 heterocycles. The van der Waals surface area contributed by atoms with Gasteiger partial charge in [0.05, 0.1) is 106 Å². The highest BCUT2D eigenvalue weighted by molar-refractivity contribution is 5.73. The summed E-state index contributed by atoms with van der Waals surface area (Å²) in [6.45, 7) is 6.71. The Labute approximate surface area is 481 Å². The molecule has 8 aromatic rings. The Morgan fingerprint density at radius 1 is 0.183 bits per heavy atom. The molecule has 0 saturated heterocycles. The van der Waals surface area contributed by atoms with Gasteiger partial charge in [-0.1, -0.05) is 121 Å². The van der Waals surface area contributed by atoms with E-state index in [1.54, 1.807) is 0 Å². The minimum Gasteiger partial charge on any atom is -0.491 e. The van der Waals surface area contributed by atoms with E-state index < -0.39 is 0 Å². The maximum atomic E-state index is 7.06. The molecular formula is C70H72O12. The highest BCUT2D eigenvalue weighted by Gasteiger charge is 2.24. The van der Waals surface area contributed by atoms with Crippen molar-refractivity contribution >= 4 is 0 Å². The van der Waals surface area contributed by atoms with Gasteiger partial charge in [-0.15, -0.1) is 0 Å². The number of ether oxygens (including phenoxy) is 12. The fraction of sp³-hybridized carbons (Fsp3) is 0.314. The third kappa shape index (κ3) is 15.2. The van der Waals surface area contributed by atoms with Gasteiger partial charge in [-0.3, -0.25) is 0 Å². The Morgan fingerprint density at radius 2 is 0.378 bits per heavy atom. The first kappa shape index (κ1) is 56.5. The van der Waals surface area contributed by atoms with Crippen molar-refractivity contribution < 1.29 is 56.8 Å². The van der Waals surface area contributed by atoms with Gasteiger partial charge < -0.3 is 56.8 Å². The summed E-state index contributed by atoms with van der Waals surface area (Å²) in [5.41, 5.74) is 15.8. The Morgan fingerprint density at radius 3 is 0.598 bits per heavy atom. The lowest BCUT2D eigenvalue weighted by atomic mass is 9.91. The number of benzene rings is 8. The van der Waals surface area contributed by atoms with Gasteiger partial charge in [0.1, 0.15) is 49.4 Å². The zero-order valence-electron chi connectivity index (χ0n) is 46.6. The second-order valence-corrected chi connectivity index (χ2v) is 20.4. The van der Waals surface area contributed by atoms with Crippen molar-refractivity contribution in [3.05, 3.63) is 214 Å². The molecule has 0 spiro atoms. The summed E-state index contributed by atoms with van der Waals surface area (Å²) in [6.07, 6.45) is 0.890. The van der Waals surface area contributed by atoms with Gasteiger partial charge in [0.2, 0.25) is 0 Å². The van der Waals surface area contributed by atoms with Crippen molar-refractivity contribution in [2.24, 2.45) is 0 Å². The first-order valence-electron chi connectivity index (χ1n) is 28.7. The van der Waals surface area contributed by atoms with Crippen LogP contribution in [0.4, 0.5) is 0 Å². The van der Waals surface area contributed by atoms with E-state index in [-0.39, 0.29) is 52.9 Å². The summed E-state index contributed by atoms with van der Waals surface area (Å²) in [6, 6.07) is 59.6. The first-order valence-corrected chi connectivity index (χ1v) is 28.7. The maximum Gasteiger partial charge on any atom is 0.128 e. The summed E-state index contributed by atoms with van der Waals surface area (Å²) >= 11 is 0. The molecule has 0 radical (unpaired) electrons. The predicted molar refractivity (Wildman–Crippen MR) is 317 cm³/mol. The van der Waals surface area contributed by atoms with Gasteiger partial charge in [-0.25, -0.2) is 0 Å². The molecule has 0 aliphatic carbocycles. The molecular weight excluding hydrogens is 1030 g/mol. The lowest BCUT2D eigenvalue weighted by Gasteiger charge is -2.24. The van der Waals surface area contributed by atoms with Gasteiger partial charge in [-0.05, 0) is 115 Å². The van der Waals surface area contributed by atoms with E-state index in [9.17, 15) is 0 Å². The predicted octanol–water partition coefficient (Wildman–Crippen LogP) is 12.9. The zero-order valence-corrected chi connectivity index (χ0v) is 46.6. The van der Waals surface area contributed by atoms with Gasteiger partial charge >= 0.3 is 0 Å². The van der Waals surface area contributed by atoms with E-state index in [2.05, 4.69) is 146 Å². The molecule has 12 bridgehead atoms. The Bertz CT molecular complexity index is 2850. The fourth-order valence-corrected chi connectivity index (χ4v) is 10.7. The van der Waals surface area contributed by atoms with E-state index in [4.69, 9.17) is 56.8 Å². The average Bonchev–Trinajstić information content (AvgIpc) is 3.63. The van der Waals surface area contributed by atoms with Crippen LogP contribution in [0, 0.1) is 0 Å². The van der Waals surface area contributed by atoms with Gasteiger partial charge in [0, 0.05) is 35.1 Å². The van der Waals surface area contributed by atoms with Crippen LogP contribution in [0.1, 0.15) is 44.5 Å². The molecule has 12 nitrogen and oxygen atoms in total. The second-order valence-electron chi connectivity index (χ2n) is 20.4. The van der Waals surface area contributed by atoms with Gasteiger partial charge in [0.15, 0.2) is 0 Å². The molecule has 424 valence electrons. The van der Waals surface area contributed by atoms with Crippen LogP contribution in [0.5, 0.6) is 23.0 Å². The quantitative estimate of drug-likeness (QED) is 0.167. The monoisotopic (exact) mass is 1100 g/mol. The molecule has 8 aromatic carbocycles. The number of hydrogen-bond donors (Lipinski definition) is 0. The molecule has 0 unspecified atom stereocenters. The summed E-state index contributed by atoms with van der Waals surface area (Å²) in [4.78, 5) is 0. The van der Waals surface area contributed by atoms with Gasteiger partial charge in [-0.2, -0.15) is 0 Å². The first-order chi connectivity index (χ1) is 40.7. The molecule has 11 rings (SSSR count). The van der Waals surface area contributed by atoms with E-state index in [1.165, 1.54) is 0 Å². The highest BCUT2D eigenvalue weighted by atomic mass is 16.6. The van der Waals surface area contributed by atoms with Crippen molar-refractivity contribution in [2.45, 2.75) is 39.3 Å². The fourth-order valence-electron chi connectivity index (χ4n) is 10.7. The minimum absolute atomic E-state index is 0.220. The summed E-state index contributed by atoms with van der Waals surface area (Å²) in [5.74, 6) is 2.89. The van der Waals surface area contributed by atoms with Crippen LogP contribution in [-0.4, -0.2) is 106 Å². The largest absolute Gasteiger partial charge is 0.491 e. The lowest BCUT2D eigenvalue weighted by Crippen LogP contribution is -2.17. The molecule has 0 saturated carbocycles. The van der Waals surface area contributed by atoms with Crippen LogP contribution >= 0.6 is 0 Å². The van der Waals surface area contributed by atoms with Crippen LogP contribution < -0.4 is 18.9 Å². The van der Waals surface area contributed by atoms with Crippen LogP contribution in [0.2, 0.25) is 0 Å². The molecule has 3 aliphatic rings. The molecule has 12 heteroatoms. The smallest absolute Gasteiger partial charge is 0.128 e. The normalized spacial score (nSPS) is 16.7. The molecule has 0 amide bonds. The number of rotatable bonds is 4. The number of hydrogen-bond acceptors (Lipinski definition) is 12. The van der Waals surface area contributed by atoms with E-state index >= 15 is 0 Å². The Balaban J connectivity index is 1.15. The topological polar surface area (TPSA) is 111 Å². The maximum absolute atomic E-state index is 7.06. The zero-order chi connectivity index (χ0) is 55.4. The summed E-state index contributed by atoms with van der Waals surface area (Å²) < 4.78 is 78.4. The van der Waals surface area contributed by atoms with Crippen molar-refractivity contribution in [3.63, 3.8) is 0 Å². The van der Waals surface area contributed by atoms with Crippen LogP contribution in [0.15, 0.2) is 170 Å². The Hall–Kier alpha value is -7.36. The Kier molecular flexibility index (Phi) is 20.4. The summed E-state index contributed by atoms with van der Waals surface area (Å²) in [5, 5.41) is 0. The summed E-state index contributed by atoms with van der Waals surface area (Å²) in [7, 11) is 0. The molecule has 0 aromatic heterocycles. The van der Waals surface area contributed by atoms with Crippen molar-refractivity contribution in [1.82, 2.24) is 0 Å². The van der Waals surface area contributed by atoms with Crippen molar-refractivity contribution in [1.29, 1.82) is 0 Å². The average molecular weight is 1110 g/mol. The SMILES string of the molecule is c1ccc(-c2cc3c4c(c2)Cc2cc(-c5ccccc5)cc5c2OCCOCCOCCOCCOc2c(cc(-c6ccccc6)cc2Cc2cc(-c6ccccc6)cc(c2OCCOCCOCCOCCO4)COC5)COC3)cc1. The van der Waals surface area contributed by atoms with Crippen LogP contribution in [0.3, 0.4) is 0 Å². The van der Waals surface area contributed by atoms with E-state index in [0.29, 0.717) is 92.1 Å². The lowest BCUT2D eigenvalue weighted by molar-refractivity contribution is 0.00421. The standard InChI is InChI=1S/C70H72O12/c1-5-13-51(14-6-1)55-37-59-45-60-38-56(52-15-7-2-8-16-52)42-65-49-78-50-66-44-58(54-19-11-4-12-20-54)40-62-46-61-39-57(53-17-9-3-10-18-53)43-64(69(61)81-35-31-75-28-24-72-22-26-74-30-34-80-68(60)65)48-77-47-63(41-55)67(59)79-33-29-73-25-21-71-23-27-76-32-36-82-70(62)66/h1-20,37-44H,21-36,45-50H2. The van der Waals surface area contributed by atoms with E-state index in [0.717, 1.165) is 112 Å². The molecule has 3 aliphatic heterocycles. The third-order valence-electron chi connectivity index (χ3n) is 14.6.